The second-order valence-corrected chi connectivity index (χ2v) is 8.27. The average molecular weight is 358 g/mol. The Labute approximate surface area is 159 Å². The van der Waals surface area contributed by atoms with Gasteiger partial charge in [-0.15, -0.1) is 11.3 Å². The molecule has 0 atom stereocenters. The van der Waals surface area contributed by atoms with E-state index in [4.69, 9.17) is 4.98 Å². The molecule has 130 valence electrons. The number of pyridine rings is 1. The fourth-order valence-electron chi connectivity index (χ4n) is 3.41. The molecule has 0 unspecified atom stereocenters. The summed E-state index contributed by atoms with van der Waals surface area (Å²) in [6.45, 7) is 6.70. The molecular formula is C24H23NS. The highest BCUT2D eigenvalue weighted by atomic mass is 32.1. The van der Waals surface area contributed by atoms with Crippen molar-refractivity contribution in [2.75, 3.05) is 0 Å². The van der Waals surface area contributed by atoms with Crippen molar-refractivity contribution >= 4 is 22.1 Å². The first-order valence-electron chi connectivity index (χ1n) is 9.14. The molecule has 0 aliphatic carbocycles. The molecule has 0 spiro atoms. The zero-order valence-corrected chi connectivity index (χ0v) is 16.3. The Balaban J connectivity index is 1.77. The van der Waals surface area contributed by atoms with Crippen LogP contribution in [0.15, 0.2) is 72.8 Å². The van der Waals surface area contributed by atoms with Gasteiger partial charge in [-0.25, -0.2) is 0 Å². The third kappa shape index (κ3) is 2.95. The Morgan fingerprint density at radius 2 is 1.62 bits per heavy atom. The topological polar surface area (TPSA) is 12.9 Å². The number of aromatic nitrogens is 1. The molecule has 26 heavy (non-hydrogen) atoms. The lowest BCUT2D eigenvalue weighted by Crippen LogP contribution is -2.19. The summed E-state index contributed by atoms with van der Waals surface area (Å²) in [7, 11) is 0. The van der Waals surface area contributed by atoms with Crippen molar-refractivity contribution in [3.8, 4) is 10.4 Å². The number of nitrogens with zero attached hydrogens (tertiary/aromatic N) is 1. The fourth-order valence-corrected chi connectivity index (χ4v) is 4.57. The summed E-state index contributed by atoms with van der Waals surface area (Å²) in [6, 6.07) is 26.1. The van der Waals surface area contributed by atoms with E-state index in [0.717, 1.165) is 17.8 Å². The Kier molecular flexibility index (Phi) is 4.37. The van der Waals surface area contributed by atoms with E-state index in [1.807, 2.05) is 11.3 Å². The molecule has 0 amide bonds. The standard InChI is InChI=1S/C24H23NS/c1-4-18-11-8-14-22(25-18)24(2,3)23-16-15-21(26-23)20-13-7-10-17-9-5-6-12-19(17)20/h5-16H,4H2,1-3H3. The molecule has 1 nitrogen and oxygen atoms in total. The molecule has 0 saturated carbocycles. The van der Waals surface area contributed by atoms with Gasteiger partial charge >= 0.3 is 0 Å². The average Bonchev–Trinajstić information content (AvgIpc) is 3.18. The third-order valence-electron chi connectivity index (χ3n) is 5.09. The van der Waals surface area contributed by atoms with Crippen LogP contribution in [0.2, 0.25) is 0 Å². The largest absolute Gasteiger partial charge is 0.257 e. The molecule has 4 rings (SSSR count). The van der Waals surface area contributed by atoms with Crippen molar-refractivity contribution in [1.82, 2.24) is 4.98 Å². The van der Waals surface area contributed by atoms with Crippen molar-refractivity contribution in [2.45, 2.75) is 32.6 Å². The van der Waals surface area contributed by atoms with Gasteiger partial charge in [0.15, 0.2) is 0 Å². The van der Waals surface area contributed by atoms with E-state index in [9.17, 15) is 0 Å². The minimum atomic E-state index is -0.0985. The van der Waals surface area contributed by atoms with E-state index in [1.165, 1.54) is 26.1 Å². The summed E-state index contributed by atoms with van der Waals surface area (Å²) in [6.07, 6.45) is 0.968. The summed E-state index contributed by atoms with van der Waals surface area (Å²) in [4.78, 5) is 7.54. The van der Waals surface area contributed by atoms with E-state index in [-0.39, 0.29) is 5.41 Å². The van der Waals surface area contributed by atoms with Gasteiger partial charge in [0.1, 0.15) is 0 Å². The minimum Gasteiger partial charge on any atom is -0.257 e. The summed E-state index contributed by atoms with van der Waals surface area (Å²) in [5.41, 5.74) is 3.51. The lowest BCUT2D eigenvalue weighted by molar-refractivity contribution is 0.626. The number of aryl methyl sites for hydroxylation is 1. The van der Waals surface area contributed by atoms with Crippen molar-refractivity contribution in [1.29, 1.82) is 0 Å². The number of hydrogen-bond acceptors (Lipinski definition) is 2. The molecule has 0 N–H and O–H groups in total. The molecule has 0 bridgehead atoms. The van der Waals surface area contributed by atoms with E-state index in [1.54, 1.807) is 0 Å². The van der Waals surface area contributed by atoms with Crippen LogP contribution in [-0.4, -0.2) is 4.98 Å². The molecule has 0 radical (unpaired) electrons. The first-order chi connectivity index (χ1) is 12.6. The SMILES string of the molecule is CCc1cccc(C(C)(C)c2ccc(-c3cccc4ccccc34)s2)n1. The monoisotopic (exact) mass is 357 g/mol. The maximum Gasteiger partial charge on any atom is 0.0515 e. The van der Waals surface area contributed by atoms with Crippen LogP contribution in [0, 0.1) is 0 Å². The maximum absolute atomic E-state index is 4.88. The van der Waals surface area contributed by atoms with Gasteiger partial charge in [-0.05, 0) is 60.9 Å². The molecule has 0 saturated heterocycles. The molecule has 4 aromatic rings. The van der Waals surface area contributed by atoms with E-state index in [0.29, 0.717) is 0 Å². The number of benzene rings is 2. The van der Waals surface area contributed by atoms with Gasteiger partial charge in [-0.2, -0.15) is 0 Å². The normalized spacial score (nSPS) is 11.8. The van der Waals surface area contributed by atoms with Crippen LogP contribution in [0.4, 0.5) is 0 Å². The highest BCUT2D eigenvalue weighted by molar-refractivity contribution is 7.15. The number of hydrogen-bond donors (Lipinski definition) is 0. The molecule has 0 aliphatic heterocycles. The van der Waals surface area contributed by atoms with Crippen LogP contribution in [0.1, 0.15) is 37.0 Å². The van der Waals surface area contributed by atoms with Gasteiger partial charge in [0.25, 0.3) is 0 Å². The Bertz CT molecular complexity index is 1050. The molecule has 2 aromatic heterocycles. The Hall–Kier alpha value is -2.45. The molecule has 2 aromatic carbocycles. The summed E-state index contributed by atoms with van der Waals surface area (Å²) >= 11 is 1.88. The second-order valence-electron chi connectivity index (χ2n) is 7.18. The Morgan fingerprint density at radius 1 is 0.846 bits per heavy atom. The van der Waals surface area contributed by atoms with Crippen molar-refractivity contribution in [3.05, 3.63) is 89.1 Å². The van der Waals surface area contributed by atoms with Crippen LogP contribution in [0.25, 0.3) is 21.2 Å². The lowest BCUT2D eigenvalue weighted by Gasteiger charge is -2.23. The predicted molar refractivity (Wildman–Crippen MR) is 113 cm³/mol. The minimum absolute atomic E-state index is 0.0985. The summed E-state index contributed by atoms with van der Waals surface area (Å²) < 4.78 is 0. The fraction of sp³-hybridized carbons (Fsp3) is 0.208. The van der Waals surface area contributed by atoms with Gasteiger partial charge in [-0.3, -0.25) is 4.98 Å². The zero-order chi connectivity index (χ0) is 18.1. The highest BCUT2D eigenvalue weighted by Crippen LogP contribution is 2.40. The van der Waals surface area contributed by atoms with Gasteiger partial charge < -0.3 is 0 Å². The molecular weight excluding hydrogens is 334 g/mol. The van der Waals surface area contributed by atoms with Gasteiger partial charge in [0, 0.05) is 20.9 Å². The molecule has 2 heterocycles. The van der Waals surface area contributed by atoms with E-state index >= 15 is 0 Å². The second kappa shape index (κ2) is 6.69. The van der Waals surface area contributed by atoms with Crippen LogP contribution in [-0.2, 0) is 11.8 Å². The number of thiophene rings is 1. The lowest BCUT2D eigenvalue weighted by atomic mass is 9.87. The van der Waals surface area contributed by atoms with Crippen molar-refractivity contribution in [3.63, 3.8) is 0 Å². The molecule has 0 fully saturated rings. The van der Waals surface area contributed by atoms with Crippen LogP contribution in [0.3, 0.4) is 0 Å². The van der Waals surface area contributed by atoms with Gasteiger partial charge in [-0.1, -0.05) is 55.5 Å². The summed E-state index contributed by atoms with van der Waals surface area (Å²) in [5, 5.41) is 2.60. The van der Waals surface area contributed by atoms with Gasteiger partial charge in [0.2, 0.25) is 0 Å². The van der Waals surface area contributed by atoms with Crippen molar-refractivity contribution < 1.29 is 0 Å². The van der Waals surface area contributed by atoms with Crippen LogP contribution >= 0.6 is 11.3 Å². The zero-order valence-electron chi connectivity index (χ0n) is 15.5. The van der Waals surface area contributed by atoms with Gasteiger partial charge in [0.05, 0.1) is 5.69 Å². The maximum atomic E-state index is 4.88. The Morgan fingerprint density at radius 3 is 2.46 bits per heavy atom. The summed E-state index contributed by atoms with van der Waals surface area (Å²) in [5.74, 6) is 0. The molecule has 2 heteroatoms. The first kappa shape index (κ1) is 17.0. The number of fused-ring (bicyclic) bond motifs is 1. The number of rotatable bonds is 4. The van der Waals surface area contributed by atoms with E-state index in [2.05, 4.69) is 93.6 Å². The van der Waals surface area contributed by atoms with Crippen LogP contribution in [0.5, 0.6) is 0 Å². The first-order valence-corrected chi connectivity index (χ1v) is 9.96. The predicted octanol–water partition coefficient (Wildman–Crippen LogP) is 6.85. The molecule has 0 aliphatic rings. The third-order valence-corrected chi connectivity index (χ3v) is 6.53. The quantitative estimate of drug-likeness (QED) is 0.389. The highest BCUT2D eigenvalue weighted by Gasteiger charge is 2.27. The smallest absolute Gasteiger partial charge is 0.0515 e. The van der Waals surface area contributed by atoms with E-state index < -0.39 is 0 Å². The van der Waals surface area contributed by atoms with Crippen molar-refractivity contribution in [2.24, 2.45) is 0 Å². The van der Waals surface area contributed by atoms with Crippen LogP contribution < -0.4 is 0 Å².